The third-order valence-corrected chi connectivity index (χ3v) is 6.26. The number of nitrogens with zero attached hydrogens (tertiary/aromatic N) is 1. The Morgan fingerprint density at radius 2 is 1.76 bits per heavy atom. The molecule has 0 aromatic heterocycles. The van der Waals surface area contributed by atoms with Gasteiger partial charge >= 0.3 is 0 Å². The van der Waals surface area contributed by atoms with Gasteiger partial charge in [0.2, 0.25) is 5.91 Å². The molecule has 0 saturated carbocycles. The first-order valence-electron chi connectivity index (χ1n) is 10.3. The van der Waals surface area contributed by atoms with E-state index in [-0.39, 0.29) is 11.8 Å². The van der Waals surface area contributed by atoms with Crippen LogP contribution in [0.3, 0.4) is 0 Å². The number of thioether (sulfide) groups is 1. The maximum atomic E-state index is 13.1. The number of hydrogen-bond donors (Lipinski definition) is 1. The Hall–Kier alpha value is -3.42. The molecule has 2 amide bonds. The lowest BCUT2D eigenvalue weighted by Crippen LogP contribution is -2.27. The van der Waals surface area contributed by atoms with Gasteiger partial charge in [0.05, 0.1) is 10.6 Å². The van der Waals surface area contributed by atoms with Crippen LogP contribution >= 0.6 is 24.0 Å². The molecule has 0 aliphatic carbocycles. The minimum absolute atomic E-state index is 0.153. The summed E-state index contributed by atoms with van der Waals surface area (Å²) in [4.78, 5) is 26.4. The number of nitrogens with one attached hydrogen (secondary N) is 1. The standard InChI is InChI=1S/C26H22N2O3S2/c1-17-7-9-19(10-8-17)16-31-23-6-4-3-5-20(23)15-24-25(30)28(26(32)33-24)22-13-11-21(12-14-22)27-18(2)29/h3-15H,16H2,1-2H3,(H,27,29)/b24-15-. The van der Waals surface area contributed by atoms with Gasteiger partial charge < -0.3 is 10.1 Å². The molecule has 1 saturated heterocycles. The Labute approximate surface area is 202 Å². The Morgan fingerprint density at radius 3 is 2.45 bits per heavy atom. The molecular formula is C26H22N2O3S2. The molecule has 5 nitrogen and oxygen atoms in total. The lowest BCUT2D eigenvalue weighted by molar-refractivity contribution is -0.114. The first-order valence-corrected chi connectivity index (χ1v) is 11.6. The van der Waals surface area contributed by atoms with Crippen LogP contribution < -0.4 is 15.0 Å². The van der Waals surface area contributed by atoms with Gasteiger partial charge in [0.1, 0.15) is 12.4 Å². The predicted octanol–water partition coefficient (Wildman–Crippen LogP) is 5.94. The van der Waals surface area contributed by atoms with E-state index in [1.807, 2.05) is 49.4 Å². The smallest absolute Gasteiger partial charge is 0.270 e. The molecule has 166 valence electrons. The van der Waals surface area contributed by atoms with E-state index in [1.165, 1.54) is 29.1 Å². The van der Waals surface area contributed by atoms with Gasteiger partial charge in [-0.05, 0) is 48.9 Å². The number of aryl methyl sites for hydroxylation is 1. The average Bonchev–Trinajstić information content (AvgIpc) is 3.07. The number of anilines is 2. The van der Waals surface area contributed by atoms with Crippen LogP contribution in [0.2, 0.25) is 0 Å². The van der Waals surface area contributed by atoms with Gasteiger partial charge in [-0.15, -0.1) is 0 Å². The molecule has 1 fully saturated rings. The quantitative estimate of drug-likeness (QED) is 0.354. The second-order valence-corrected chi connectivity index (χ2v) is 9.23. The van der Waals surface area contributed by atoms with E-state index in [4.69, 9.17) is 17.0 Å². The third-order valence-electron chi connectivity index (χ3n) is 4.96. The van der Waals surface area contributed by atoms with Crippen LogP contribution in [0, 0.1) is 6.92 Å². The molecule has 3 aromatic carbocycles. The van der Waals surface area contributed by atoms with Crippen molar-refractivity contribution in [1.82, 2.24) is 0 Å². The summed E-state index contributed by atoms with van der Waals surface area (Å²) in [5.41, 5.74) is 4.40. The Morgan fingerprint density at radius 1 is 1.06 bits per heavy atom. The van der Waals surface area contributed by atoms with E-state index in [0.29, 0.717) is 33.0 Å². The van der Waals surface area contributed by atoms with Crippen molar-refractivity contribution in [2.24, 2.45) is 0 Å². The van der Waals surface area contributed by atoms with Crippen molar-refractivity contribution in [1.29, 1.82) is 0 Å². The van der Waals surface area contributed by atoms with Crippen molar-refractivity contribution in [2.45, 2.75) is 20.5 Å². The van der Waals surface area contributed by atoms with Gasteiger partial charge in [0, 0.05) is 18.2 Å². The number of para-hydroxylation sites is 1. The molecule has 7 heteroatoms. The highest BCUT2D eigenvalue weighted by atomic mass is 32.2. The summed E-state index contributed by atoms with van der Waals surface area (Å²) in [6.45, 7) is 3.93. The molecule has 4 rings (SSSR count). The lowest BCUT2D eigenvalue weighted by Gasteiger charge is -2.15. The molecule has 0 spiro atoms. The van der Waals surface area contributed by atoms with Crippen LogP contribution in [-0.4, -0.2) is 16.1 Å². The third kappa shape index (κ3) is 5.50. The topological polar surface area (TPSA) is 58.6 Å². The summed E-state index contributed by atoms with van der Waals surface area (Å²) in [5.74, 6) is 0.355. The van der Waals surface area contributed by atoms with Gasteiger partial charge in [-0.2, -0.15) is 0 Å². The molecule has 1 aliphatic heterocycles. The number of hydrogen-bond acceptors (Lipinski definition) is 5. The second-order valence-electron chi connectivity index (χ2n) is 7.56. The molecule has 1 N–H and O–H groups in total. The average molecular weight is 475 g/mol. The van der Waals surface area contributed by atoms with Crippen LogP contribution in [0.15, 0.2) is 77.7 Å². The number of carbonyl (C=O) groups is 2. The zero-order valence-corrected chi connectivity index (χ0v) is 19.8. The molecular weight excluding hydrogens is 452 g/mol. The van der Waals surface area contributed by atoms with Crippen molar-refractivity contribution in [2.75, 3.05) is 10.2 Å². The maximum absolute atomic E-state index is 13.1. The monoisotopic (exact) mass is 474 g/mol. The zero-order chi connectivity index (χ0) is 23.4. The summed E-state index contributed by atoms with van der Waals surface area (Å²) < 4.78 is 6.50. The van der Waals surface area contributed by atoms with Crippen molar-refractivity contribution < 1.29 is 14.3 Å². The molecule has 0 radical (unpaired) electrons. The van der Waals surface area contributed by atoms with Crippen LogP contribution in [0.5, 0.6) is 5.75 Å². The van der Waals surface area contributed by atoms with E-state index in [0.717, 1.165) is 11.1 Å². The van der Waals surface area contributed by atoms with Crippen LogP contribution in [0.4, 0.5) is 11.4 Å². The molecule has 0 unspecified atom stereocenters. The first-order chi connectivity index (χ1) is 15.9. The Balaban J connectivity index is 1.52. The summed E-state index contributed by atoms with van der Waals surface area (Å²) in [7, 11) is 0. The predicted molar refractivity (Wildman–Crippen MR) is 138 cm³/mol. The maximum Gasteiger partial charge on any atom is 0.270 e. The number of ether oxygens (including phenoxy) is 1. The lowest BCUT2D eigenvalue weighted by atomic mass is 10.1. The number of benzene rings is 3. The minimum Gasteiger partial charge on any atom is -0.488 e. The Kier molecular flexibility index (Phi) is 6.91. The number of rotatable bonds is 6. The van der Waals surface area contributed by atoms with Crippen molar-refractivity contribution in [3.8, 4) is 5.75 Å². The van der Waals surface area contributed by atoms with Crippen molar-refractivity contribution in [3.63, 3.8) is 0 Å². The van der Waals surface area contributed by atoms with Crippen molar-refractivity contribution >= 4 is 57.6 Å². The molecule has 0 atom stereocenters. The fourth-order valence-corrected chi connectivity index (χ4v) is 4.60. The highest BCUT2D eigenvalue weighted by Gasteiger charge is 2.33. The molecule has 3 aromatic rings. The van der Waals surface area contributed by atoms with E-state index in [1.54, 1.807) is 24.3 Å². The minimum atomic E-state index is -0.189. The number of amides is 2. The normalized spacial score (nSPS) is 14.6. The molecule has 1 aliphatic rings. The summed E-state index contributed by atoms with van der Waals surface area (Å²) in [6, 6.07) is 22.8. The van der Waals surface area contributed by atoms with Gasteiger partial charge in [-0.1, -0.05) is 72.0 Å². The number of carbonyl (C=O) groups excluding carboxylic acids is 2. The van der Waals surface area contributed by atoms with E-state index < -0.39 is 0 Å². The fraction of sp³-hybridized carbons (Fsp3) is 0.115. The second kappa shape index (κ2) is 10.0. The fourth-order valence-electron chi connectivity index (χ4n) is 3.31. The van der Waals surface area contributed by atoms with Gasteiger partial charge in [0.15, 0.2) is 4.32 Å². The highest BCUT2D eigenvalue weighted by molar-refractivity contribution is 8.27. The highest BCUT2D eigenvalue weighted by Crippen LogP contribution is 2.37. The SMILES string of the molecule is CC(=O)Nc1ccc(N2C(=O)/C(=C/c3ccccc3OCc3ccc(C)cc3)SC2=S)cc1. The number of thiocarbonyl (C=S) groups is 1. The largest absolute Gasteiger partial charge is 0.488 e. The van der Waals surface area contributed by atoms with Crippen LogP contribution in [0.1, 0.15) is 23.6 Å². The van der Waals surface area contributed by atoms with Gasteiger partial charge in [0.25, 0.3) is 5.91 Å². The Bertz CT molecular complexity index is 1240. The van der Waals surface area contributed by atoms with Gasteiger partial charge in [-0.25, -0.2) is 0 Å². The molecule has 1 heterocycles. The van der Waals surface area contributed by atoms with Crippen LogP contribution in [0.25, 0.3) is 6.08 Å². The molecule has 0 bridgehead atoms. The summed E-state index contributed by atoms with van der Waals surface area (Å²) in [6.07, 6.45) is 1.81. The van der Waals surface area contributed by atoms with Crippen molar-refractivity contribution in [3.05, 3.63) is 94.4 Å². The summed E-state index contributed by atoms with van der Waals surface area (Å²) >= 11 is 6.74. The van der Waals surface area contributed by atoms with E-state index >= 15 is 0 Å². The van der Waals surface area contributed by atoms with Crippen LogP contribution in [-0.2, 0) is 16.2 Å². The van der Waals surface area contributed by atoms with E-state index in [2.05, 4.69) is 17.4 Å². The van der Waals surface area contributed by atoms with Gasteiger partial charge in [-0.3, -0.25) is 14.5 Å². The zero-order valence-electron chi connectivity index (χ0n) is 18.2. The van der Waals surface area contributed by atoms with E-state index in [9.17, 15) is 9.59 Å². The summed E-state index contributed by atoms with van der Waals surface area (Å²) in [5, 5.41) is 2.71. The molecule has 33 heavy (non-hydrogen) atoms. The first kappa shape index (κ1) is 22.8.